The number of rotatable bonds is 2. The molecule has 2 rings (SSSR count). The Morgan fingerprint density at radius 2 is 2.00 bits per heavy atom. The summed E-state index contributed by atoms with van der Waals surface area (Å²) in [6.45, 7) is 5.46. The molecule has 0 atom stereocenters. The van der Waals surface area contributed by atoms with Crippen molar-refractivity contribution in [1.82, 2.24) is 9.78 Å². The van der Waals surface area contributed by atoms with Gasteiger partial charge in [-0.1, -0.05) is 6.07 Å². The number of hydrogen-bond acceptors (Lipinski definition) is 3. The third kappa shape index (κ3) is 2.21. The third-order valence-corrected chi connectivity index (χ3v) is 4.69. The molecule has 0 aliphatic carbocycles. The van der Waals surface area contributed by atoms with Crippen molar-refractivity contribution >= 4 is 18.1 Å². The molecule has 0 spiro atoms. The van der Waals surface area contributed by atoms with Crippen LogP contribution in [-0.4, -0.2) is 23.1 Å². The van der Waals surface area contributed by atoms with Gasteiger partial charge in [0.05, 0.1) is 6.20 Å². The first-order valence-electron chi connectivity index (χ1n) is 5.74. The Morgan fingerprint density at radius 3 is 2.50 bits per heavy atom. The van der Waals surface area contributed by atoms with Crippen molar-refractivity contribution < 1.29 is 4.57 Å². The van der Waals surface area contributed by atoms with Gasteiger partial charge in [-0.15, -0.1) is 0 Å². The second kappa shape index (κ2) is 4.29. The molecule has 18 heavy (non-hydrogen) atoms. The van der Waals surface area contributed by atoms with E-state index in [1.807, 2.05) is 32.3 Å². The Kier molecular flexibility index (Phi) is 3.07. The highest BCUT2D eigenvalue weighted by Gasteiger charge is 2.20. The van der Waals surface area contributed by atoms with Crippen LogP contribution in [0.3, 0.4) is 0 Å². The first-order valence-corrected chi connectivity index (χ1v) is 8.34. The monoisotopic (exact) mass is 263 g/mol. The van der Waals surface area contributed by atoms with Crippen LogP contribution in [0.5, 0.6) is 0 Å². The zero-order valence-corrected chi connectivity index (χ0v) is 12.0. The maximum Gasteiger partial charge on any atom is 0.112 e. The van der Waals surface area contributed by atoms with Crippen LogP contribution < -0.4 is 11.0 Å². The maximum absolute atomic E-state index is 12.3. The molecule has 0 bridgehead atoms. The van der Waals surface area contributed by atoms with Crippen molar-refractivity contribution in [2.75, 3.05) is 19.1 Å². The number of anilines is 1. The minimum absolute atomic E-state index is 0.605. The van der Waals surface area contributed by atoms with Gasteiger partial charge in [-0.25, -0.2) is 0 Å². The van der Waals surface area contributed by atoms with Gasteiger partial charge in [0, 0.05) is 29.8 Å². The molecule has 0 saturated heterocycles. The van der Waals surface area contributed by atoms with Crippen LogP contribution in [-0.2, 0) is 11.6 Å². The van der Waals surface area contributed by atoms with Crippen molar-refractivity contribution in [1.29, 1.82) is 0 Å². The summed E-state index contributed by atoms with van der Waals surface area (Å²) < 4.78 is 14.1. The van der Waals surface area contributed by atoms with Crippen LogP contribution >= 0.6 is 7.14 Å². The van der Waals surface area contributed by atoms with Gasteiger partial charge < -0.3 is 10.3 Å². The van der Waals surface area contributed by atoms with Gasteiger partial charge in [-0.3, -0.25) is 4.68 Å². The number of hydrogen-bond donors (Lipinski definition) is 1. The van der Waals surface area contributed by atoms with Gasteiger partial charge in [-0.05, 0) is 37.4 Å². The Balaban J connectivity index is 2.69. The topological polar surface area (TPSA) is 60.9 Å². The van der Waals surface area contributed by atoms with E-state index in [9.17, 15) is 4.57 Å². The van der Waals surface area contributed by atoms with Gasteiger partial charge in [-0.2, -0.15) is 5.10 Å². The molecule has 96 valence electrons. The molecular formula is C13H18N3OP. The number of aromatic nitrogens is 2. The van der Waals surface area contributed by atoms with Crippen molar-refractivity contribution in [2.24, 2.45) is 7.05 Å². The molecule has 0 saturated carbocycles. The fourth-order valence-corrected chi connectivity index (χ4v) is 3.93. The normalized spacial score (nSPS) is 11.8. The molecule has 0 aliphatic rings. The number of nitrogens with two attached hydrogens (primary N) is 1. The minimum Gasteiger partial charge on any atom is -0.398 e. The summed E-state index contributed by atoms with van der Waals surface area (Å²) in [6, 6.07) is 3.78. The van der Waals surface area contributed by atoms with Gasteiger partial charge >= 0.3 is 0 Å². The first-order chi connectivity index (χ1) is 8.30. The molecule has 5 heteroatoms. The van der Waals surface area contributed by atoms with Crippen LogP contribution in [0.1, 0.15) is 5.56 Å². The summed E-state index contributed by atoms with van der Waals surface area (Å²) in [7, 11) is -0.510. The van der Waals surface area contributed by atoms with Gasteiger partial charge in [0.25, 0.3) is 0 Å². The number of nitrogens with zero attached hydrogens (tertiary/aromatic N) is 2. The summed E-state index contributed by atoms with van der Waals surface area (Å²) in [6.07, 6.45) is 3.75. The van der Waals surface area contributed by atoms with Gasteiger partial charge in [0.1, 0.15) is 7.14 Å². The third-order valence-electron chi connectivity index (χ3n) is 3.02. The molecule has 0 aliphatic heterocycles. The Morgan fingerprint density at radius 1 is 1.33 bits per heavy atom. The second-order valence-electron chi connectivity index (χ2n) is 4.93. The average Bonchev–Trinajstić information content (AvgIpc) is 2.62. The van der Waals surface area contributed by atoms with E-state index >= 15 is 0 Å². The first kappa shape index (κ1) is 12.9. The van der Waals surface area contributed by atoms with Gasteiger partial charge in [0.15, 0.2) is 0 Å². The number of aryl methyl sites for hydroxylation is 1. The molecule has 2 aromatic rings. The van der Waals surface area contributed by atoms with E-state index in [1.54, 1.807) is 24.2 Å². The zero-order valence-electron chi connectivity index (χ0n) is 11.1. The number of benzene rings is 1. The lowest BCUT2D eigenvalue weighted by Gasteiger charge is -2.16. The van der Waals surface area contributed by atoms with E-state index in [2.05, 4.69) is 5.10 Å². The number of nitrogen functional groups attached to an aromatic ring is 1. The lowest BCUT2D eigenvalue weighted by atomic mass is 10.0. The largest absolute Gasteiger partial charge is 0.398 e. The average molecular weight is 263 g/mol. The van der Waals surface area contributed by atoms with E-state index in [0.717, 1.165) is 22.0 Å². The predicted molar refractivity (Wildman–Crippen MR) is 76.9 cm³/mol. The minimum atomic E-state index is -2.39. The predicted octanol–water partition coefficient (Wildman–Crippen LogP) is 2.23. The highest BCUT2D eigenvalue weighted by molar-refractivity contribution is 7.70. The zero-order chi connectivity index (χ0) is 13.5. The smallest absolute Gasteiger partial charge is 0.112 e. The fourth-order valence-electron chi connectivity index (χ4n) is 2.31. The lowest BCUT2D eigenvalue weighted by Crippen LogP contribution is -2.14. The van der Waals surface area contributed by atoms with E-state index < -0.39 is 7.14 Å². The van der Waals surface area contributed by atoms with E-state index in [0.29, 0.717) is 5.69 Å². The van der Waals surface area contributed by atoms with E-state index in [-0.39, 0.29) is 0 Å². The van der Waals surface area contributed by atoms with Crippen molar-refractivity contribution in [3.8, 4) is 11.1 Å². The second-order valence-corrected chi connectivity index (χ2v) is 8.08. The van der Waals surface area contributed by atoms with Crippen molar-refractivity contribution in [2.45, 2.75) is 6.92 Å². The van der Waals surface area contributed by atoms with Crippen LogP contribution in [0.4, 0.5) is 5.69 Å². The summed E-state index contributed by atoms with van der Waals surface area (Å²) in [4.78, 5) is 0. The molecule has 0 fully saturated rings. The molecule has 1 heterocycles. The highest BCUT2D eigenvalue weighted by atomic mass is 31.2. The summed E-state index contributed by atoms with van der Waals surface area (Å²) in [5.41, 5.74) is 9.61. The summed E-state index contributed by atoms with van der Waals surface area (Å²) in [5.74, 6) is 0. The molecule has 1 aromatic carbocycles. The van der Waals surface area contributed by atoms with Crippen LogP contribution in [0.15, 0.2) is 24.5 Å². The standard InChI is InChI=1S/C13H18N3OP/c1-9-11(10-7-15-16(2)8-10)5-6-12(14)13(9)18(3,4)17/h5-8H,14H2,1-4H3. The molecule has 0 amide bonds. The SMILES string of the molecule is Cc1c(-c2cnn(C)c2)ccc(N)c1P(C)(C)=O. The van der Waals surface area contributed by atoms with Crippen molar-refractivity contribution in [3.63, 3.8) is 0 Å². The Bertz CT molecular complexity index is 640. The lowest BCUT2D eigenvalue weighted by molar-refractivity contribution is 0.588. The maximum atomic E-state index is 12.3. The fraction of sp³-hybridized carbons (Fsp3) is 0.308. The molecule has 1 aromatic heterocycles. The highest BCUT2D eigenvalue weighted by Crippen LogP contribution is 2.40. The molecular weight excluding hydrogens is 245 g/mol. The molecule has 0 radical (unpaired) electrons. The summed E-state index contributed by atoms with van der Waals surface area (Å²) >= 11 is 0. The van der Waals surface area contributed by atoms with Gasteiger partial charge in [0.2, 0.25) is 0 Å². The van der Waals surface area contributed by atoms with Crippen LogP contribution in [0.2, 0.25) is 0 Å². The van der Waals surface area contributed by atoms with E-state index in [1.165, 1.54) is 0 Å². The molecule has 4 nitrogen and oxygen atoms in total. The quantitative estimate of drug-likeness (QED) is 0.667. The molecule has 2 N–H and O–H groups in total. The van der Waals surface area contributed by atoms with Crippen molar-refractivity contribution in [3.05, 3.63) is 30.1 Å². The Hall–Kier alpha value is -1.54. The van der Waals surface area contributed by atoms with Crippen LogP contribution in [0, 0.1) is 6.92 Å². The summed E-state index contributed by atoms with van der Waals surface area (Å²) in [5, 5.41) is 4.95. The van der Waals surface area contributed by atoms with E-state index in [4.69, 9.17) is 5.73 Å². The van der Waals surface area contributed by atoms with Crippen LogP contribution in [0.25, 0.3) is 11.1 Å². The molecule has 0 unspecified atom stereocenters. The Labute approximate surface area is 107 Å².